The van der Waals surface area contributed by atoms with Gasteiger partial charge in [-0.05, 0) is 34.1 Å². The van der Waals surface area contributed by atoms with Gasteiger partial charge in [0.25, 0.3) is 5.91 Å². The number of amides is 1. The van der Waals surface area contributed by atoms with Crippen molar-refractivity contribution in [2.24, 2.45) is 0 Å². The van der Waals surface area contributed by atoms with Crippen molar-refractivity contribution in [3.8, 4) is 12.3 Å². The first-order valence-corrected chi connectivity index (χ1v) is 4.75. The van der Waals surface area contributed by atoms with E-state index in [0.29, 0.717) is 4.47 Å². The van der Waals surface area contributed by atoms with E-state index in [1.54, 1.807) is 0 Å². The van der Waals surface area contributed by atoms with Crippen LogP contribution in [0.3, 0.4) is 0 Å². The fourth-order valence-electron chi connectivity index (χ4n) is 0.870. The zero-order valence-corrected chi connectivity index (χ0v) is 9.17. The molecule has 0 aliphatic heterocycles. The Hall–Kier alpha value is -1.38. The predicted octanol–water partition coefficient (Wildman–Crippen LogP) is 1.88. The van der Waals surface area contributed by atoms with Gasteiger partial charge in [0.05, 0.1) is 5.56 Å². The Balaban J connectivity index is 2.73. The van der Waals surface area contributed by atoms with Gasteiger partial charge in [0.1, 0.15) is 12.4 Å². The first-order chi connectivity index (χ1) is 7.15. The summed E-state index contributed by atoms with van der Waals surface area (Å²) in [6.07, 6.45) is 4.91. The lowest BCUT2D eigenvalue weighted by Crippen LogP contribution is -2.24. The maximum Gasteiger partial charge on any atom is 0.276 e. The van der Waals surface area contributed by atoms with Crippen LogP contribution >= 0.6 is 15.9 Å². The number of terminal acetylenes is 1. The van der Waals surface area contributed by atoms with Gasteiger partial charge < -0.3 is 0 Å². The van der Waals surface area contributed by atoms with E-state index in [-0.39, 0.29) is 12.2 Å². The zero-order chi connectivity index (χ0) is 11.3. The minimum absolute atomic E-state index is 0.0430. The Morgan fingerprint density at radius 3 is 3.07 bits per heavy atom. The topological polar surface area (TPSA) is 38.3 Å². The van der Waals surface area contributed by atoms with Crippen LogP contribution in [0.2, 0.25) is 0 Å². The Morgan fingerprint density at radius 2 is 2.40 bits per heavy atom. The van der Waals surface area contributed by atoms with E-state index < -0.39 is 11.7 Å². The lowest BCUT2D eigenvalue weighted by Gasteiger charge is -2.05. The summed E-state index contributed by atoms with van der Waals surface area (Å²) in [5, 5.41) is 0. The summed E-state index contributed by atoms with van der Waals surface area (Å²) in [5.74, 6) is 1.12. The molecule has 1 aromatic rings. The van der Waals surface area contributed by atoms with Gasteiger partial charge in [0.2, 0.25) is 0 Å². The number of hydroxylamine groups is 1. The van der Waals surface area contributed by atoms with E-state index in [0.717, 1.165) is 6.07 Å². The lowest BCUT2D eigenvalue weighted by atomic mass is 10.2. The molecular weight excluding hydrogens is 265 g/mol. The van der Waals surface area contributed by atoms with Crippen molar-refractivity contribution in [3.63, 3.8) is 0 Å². The SMILES string of the molecule is C#CCONC(=O)c1cc(F)ccc1Br. The highest BCUT2D eigenvalue weighted by atomic mass is 79.9. The van der Waals surface area contributed by atoms with Crippen molar-refractivity contribution < 1.29 is 14.0 Å². The second-order valence-corrected chi connectivity index (χ2v) is 3.40. The Morgan fingerprint density at radius 1 is 1.67 bits per heavy atom. The summed E-state index contributed by atoms with van der Waals surface area (Å²) in [6.45, 7) is -0.0430. The highest BCUT2D eigenvalue weighted by Gasteiger charge is 2.10. The number of carbonyl (C=O) groups is 1. The first-order valence-electron chi connectivity index (χ1n) is 3.96. The molecule has 0 saturated carbocycles. The predicted molar refractivity (Wildman–Crippen MR) is 56.4 cm³/mol. The molecule has 0 unspecified atom stereocenters. The Bertz CT molecular complexity index is 414. The minimum Gasteiger partial charge on any atom is -0.267 e. The van der Waals surface area contributed by atoms with Gasteiger partial charge in [-0.1, -0.05) is 5.92 Å². The Kier molecular flexibility index (Phi) is 4.28. The van der Waals surface area contributed by atoms with E-state index in [9.17, 15) is 9.18 Å². The van der Waals surface area contributed by atoms with Gasteiger partial charge in [0, 0.05) is 4.47 Å². The summed E-state index contributed by atoms with van der Waals surface area (Å²) >= 11 is 3.12. The van der Waals surface area contributed by atoms with Gasteiger partial charge in [0.15, 0.2) is 0 Å². The normalized spacial score (nSPS) is 9.40. The molecule has 1 rings (SSSR count). The molecule has 0 bridgehead atoms. The monoisotopic (exact) mass is 271 g/mol. The smallest absolute Gasteiger partial charge is 0.267 e. The standard InChI is InChI=1S/C10H7BrFNO2/c1-2-5-15-13-10(14)8-6-7(12)3-4-9(8)11/h1,3-4,6H,5H2,(H,13,14). The van der Waals surface area contributed by atoms with Gasteiger partial charge >= 0.3 is 0 Å². The molecule has 0 atom stereocenters. The molecule has 78 valence electrons. The van der Waals surface area contributed by atoms with Crippen LogP contribution in [0.25, 0.3) is 0 Å². The lowest BCUT2D eigenvalue weighted by molar-refractivity contribution is 0.0437. The average molecular weight is 272 g/mol. The van der Waals surface area contributed by atoms with Crippen LogP contribution in [0.5, 0.6) is 0 Å². The van der Waals surface area contributed by atoms with Crippen LogP contribution in [-0.4, -0.2) is 12.5 Å². The minimum atomic E-state index is -0.559. The number of carbonyl (C=O) groups excluding carboxylic acids is 1. The molecule has 0 saturated heterocycles. The third-order valence-electron chi connectivity index (χ3n) is 1.49. The third kappa shape index (κ3) is 3.35. The third-order valence-corrected chi connectivity index (χ3v) is 2.18. The zero-order valence-electron chi connectivity index (χ0n) is 7.59. The summed E-state index contributed by atoms with van der Waals surface area (Å²) in [5.41, 5.74) is 2.24. The van der Waals surface area contributed by atoms with Crippen LogP contribution in [0, 0.1) is 18.2 Å². The fraction of sp³-hybridized carbons (Fsp3) is 0.100. The number of hydrogen-bond donors (Lipinski definition) is 1. The van der Waals surface area contributed by atoms with Crippen molar-refractivity contribution >= 4 is 21.8 Å². The van der Waals surface area contributed by atoms with E-state index >= 15 is 0 Å². The molecule has 0 radical (unpaired) electrons. The fourth-order valence-corrected chi connectivity index (χ4v) is 1.30. The first kappa shape index (κ1) is 11.7. The van der Waals surface area contributed by atoms with Gasteiger partial charge in [-0.2, -0.15) is 0 Å². The molecular formula is C10H7BrFNO2. The van der Waals surface area contributed by atoms with Crippen LogP contribution in [-0.2, 0) is 4.84 Å². The molecule has 0 heterocycles. The van der Waals surface area contributed by atoms with Crippen LogP contribution < -0.4 is 5.48 Å². The van der Waals surface area contributed by atoms with Crippen molar-refractivity contribution in [1.29, 1.82) is 0 Å². The summed E-state index contributed by atoms with van der Waals surface area (Å²) in [4.78, 5) is 16.0. The second kappa shape index (κ2) is 5.49. The van der Waals surface area contributed by atoms with Crippen molar-refractivity contribution in [2.75, 3.05) is 6.61 Å². The quantitative estimate of drug-likeness (QED) is 0.518. The molecule has 0 spiro atoms. The van der Waals surface area contributed by atoms with Crippen LogP contribution in [0.15, 0.2) is 22.7 Å². The number of halogens is 2. The molecule has 1 amide bonds. The van der Waals surface area contributed by atoms with E-state index in [1.807, 2.05) is 0 Å². The number of rotatable bonds is 3. The van der Waals surface area contributed by atoms with E-state index in [2.05, 4.69) is 32.2 Å². The maximum absolute atomic E-state index is 12.8. The number of benzene rings is 1. The highest BCUT2D eigenvalue weighted by molar-refractivity contribution is 9.10. The van der Waals surface area contributed by atoms with E-state index in [4.69, 9.17) is 6.42 Å². The molecule has 5 heteroatoms. The molecule has 1 aromatic carbocycles. The average Bonchev–Trinajstić information content (AvgIpc) is 2.22. The van der Waals surface area contributed by atoms with Crippen LogP contribution in [0.1, 0.15) is 10.4 Å². The molecule has 1 N–H and O–H groups in total. The Labute approximate surface area is 94.7 Å². The van der Waals surface area contributed by atoms with Gasteiger partial charge in [-0.25, -0.2) is 9.87 Å². The number of nitrogens with one attached hydrogen (secondary N) is 1. The molecule has 15 heavy (non-hydrogen) atoms. The summed E-state index contributed by atoms with van der Waals surface area (Å²) in [7, 11) is 0. The van der Waals surface area contributed by atoms with Crippen molar-refractivity contribution in [1.82, 2.24) is 5.48 Å². The highest BCUT2D eigenvalue weighted by Crippen LogP contribution is 2.17. The summed E-state index contributed by atoms with van der Waals surface area (Å²) in [6, 6.07) is 3.77. The molecule has 0 aliphatic carbocycles. The van der Waals surface area contributed by atoms with Gasteiger partial charge in [-0.3, -0.25) is 9.63 Å². The largest absolute Gasteiger partial charge is 0.276 e. The maximum atomic E-state index is 12.8. The summed E-state index contributed by atoms with van der Waals surface area (Å²) < 4.78 is 13.3. The van der Waals surface area contributed by atoms with Crippen molar-refractivity contribution in [3.05, 3.63) is 34.1 Å². The van der Waals surface area contributed by atoms with E-state index in [1.165, 1.54) is 12.1 Å². The van der Waals surface area contributed by atoms with Crippen molar-refractivity contribution in [2.45, 2.75) is 0 Å². The van der Waals surface area contributed by atoms with Gasteiger partial charge in [-0.15, -0.1) is 6.42 Å². The second-order valence-electron chi connectivity index (χ2n) is 2.55. The molecule has 0 fully saturated rings. The number of hydrogen-bond acceptors (Lipinski definition) is 2. The van der Waals surface area contributed by atoms with Crippen LogP contribution in [0.4, 0.5) is 4.39 Å². The molecule has 0 aliphatic rings. The molecule has 0 aromatic heterocycles. The molecule has 3 nitrogen and oxygen atoms in total.